The second-order valence-electron chi connectivity index (χ2n) is 4.78. The summed E-state index contributed by atoms with van der Waals surface area (Å²) in [6, 6.07) is 4.24. The Morgan fingerprint density at radius 1 is 1.26 bits per heavy atom. The molecule has 0 unspecified atom stereocenters. The van der Waals surface area contributed by atoms with E-state index < -0.39 is 0 Å². The molecular weight excluding hydrogens is 390 g/mol. The van der Waals surface area contributed by atoms with Crippen molar-refractivity contribution < 1.29 is 4.74 Å². The van der Waals surface area contributed by atoms with Crippen molar-refractivity contribution in [2.45, 2.75) is 19.4 Å². The molecule has 0 bridgehead atoms. The summed E-state index contributed by atoms with van der Waals surface area (Å²) in [6.45, 7) is 2.03. The van der Waals surface area contributed by atoms with Gasteiger partial charge in [0.2, 0.25) is 0 Å². The van der Waals surface area contributed by atoms with Crippen molar-refractivity contribution in [1.29, 1.82) is 0 Å². The van der Waals surface area contributed by atoms with Crippen molar-refractivity contribution in [2.24, 2.45) is 5.92 Å². The molecular formula is C14H19Br2NOS. The van der Waals surface area contributed by atoms with Gasteiger partial charge < -0.3 is 10.1 Å². The van der Waals surface area contributed by atoms with Crippen LogP contribution in [0.25, 0.3) is 0 Å². The Labute approximate surface area is 136 Å². The zero-order chi connectivity index (χ0) is 13.7. The van der Waals surface area contributed by atoms with Crippen molar-refractivity contribution in [3.63, 3.8) is 0 Å². The average Bonchev–Trinajstić information content (AvgIpc) is 2.40. The van der Waals surface area contributed by atoms with E-state index in [0.29, 0.717) is 0 Å². The van der Waals surface area contributed by atoms with Gasteiger partial charge in [-0.2, -0.15) is 11.8 Å². The summed E-state index contributed by atoms with van der Waals surface area (Å²) in [7, 11) is 1.68. The van der Waals surface area contributed by atoms with Gasteiger partial charge in [0.15, 0.2) is 0 Å². The molecule has 0 amide bonds. The molecule has 0 aliphatic carbocycles. The Hall–Kier alpha value is 0.290. The SMILES string of the molecule is COc1c(Br)cc(CNCC2CCSCC2)cc1Br. The molecule has 0 saturated carbocycles. The highest BCUT2D eigenvalue weighted by molar-refractivity contribution is 9.11. The summed E-state index contributed by atoms with van der Waals surface area (Å²) in [5, 5.41) is 3.57. The molecule has 2 rings (SSSR count). The molecule has 106 valence electrons. The first-order valence-electron chi connectivity index (χ1n) is 6.51. The van der Waals surface area contributed by atoms with Crippen LogP contribution < -0.4 is 10.1 Å². The quantitative estimate of drug-likeness (QED) is 0.777. The zero-order valence-electron chi connectivity index (χ0n) is 11.0. The Balaban J connectivity index is 1.85. The van der Waals surface area contributed by atoms with E-state index in [-0.39, 0.29) is 0 Å². The summed E-state index contributed by atoms with van der Waals surface area (Å²) in [4.78, 5) is 0. The number of benzene rings is 1. The van der Waals surface area contributed by atoms with E-state index >= 15 is 0 Å². The number of thioether (sulfide) groups is 1. The van der Waals surface area contributed by atoms with Gasteiger partial charge in [-0.3, -0.25) is 0 Å². The number of hydrogen-bond donors (Lipinski definition) is 1. The highest BCUT2D eigenvalue weighted by atomic mass is 79.9. The summed E-state index contributed by atoms with van der Waals surface area (Å²) < 4.78 is 7.31. The number of methoxy groups -OCH3 is 1. The van der Waals surface area contributed by atoms with E-state index in [1.165, 1.54) is 29.9 Å². The summed E-state index contributed by atoms with van der Waals surface area (Å²) in [6.07, 6.45) is 2.71. The lowest BCUT2D eigenvalue weighted by Crippen LogP contribution is -2.25. The molecule has 1 aliphatic rings. The lowest BCUT2D eigenvalue weighted by molar-refractivity contribution is 0.409. The third kappa shape index (κ3) is 4.66. The first-order valence-corrected chi connectivity index (χ1v) is 9.25. The maximum absolute atomic E-state index is 5.31. The first-order chi connectivity index (χ1) is 9.20. The summed E-state index contributed by atoms with van der Waals surface area (Å²) >= 11 is 9.16. The van der Waals surface area contributed by atoms with E-state index in [4.69, 9.17) is 4.74 Å². The normalized spacial score (nSPS) is 16.6. The fourth-order valence-corrected chi connectivity index (χ4v) is 5.09. The largest absolute Gasteiger partial charge is 0.494 e. The molecule has 5 heteroatoms. The van der Waals surface area contributed by atoms with Crippen LogP contribution in [0.15, 0.2) is 21.1 Å². The van der Waals surface area contributed by atoms with E-state index in [0.717, 1.165) is 33.7 Å². The smallest absolute Gasteiger partial charge is 0.147 e. The molecule has 1 saturated heterocycles. The predicted molar refractivity (Wildman–Crippen MR) is 90.1 cm³/mol. The van der Waals surface area contributed by atoms with Crippen LogP contribution in [-0.4, -0.2) is 25.2 Å². The van der Waals surface area contributed by atoms with Crippen LogP contribution in [0, 0.1) is 5.92 Å². The number of ether oxygens (including phenoxy) is 1. The Bertz CT molecular complexity index is 399. The van der Waals surface area contributed by atoms with E-state index in [9.17, 15) is 0 Å². The Kier molecular flexibility index (Phi) is 6.53. The molecule has 1 heterocycles. The maximum Gasteiger partial charge on any atom is 0.147 e. The van der Waals surface area contributed by atoms with Gasteiger partial charge in [0.25, 0.3) is 0 Å². The van der Waals surface area contributed by atoms with Gasteiger partial charge >= 0.3 is 0 Å². The molecule has 0 aromatic heterocycles. The average molecular weight is 409 g/mol. The summed E-state index contributed by atoms with van der Waals surface area (Å²) in [5.41, 5.74) is 1.27. The topological polar surface area (TPSA) is 21.3 Å². The molecule has 0 spiro atoms. The fraction of sp³-hybridized carbons (Fsp3) is 0.571. The standard InChI is InChI=1S/C14H19Br2NOS/c1-18-14-12(15)6-11(7-13(14)16)9-17-8-10-2-4-19-5-3-10/h6-7,10,17H,2-5,8-9H2,1H3. The molecule has 19 heavy (non-hydrogen) atoms. The van der Waals surface area contributed by atoms with Gasteiger partial charge in [-0.1, -0.05) is 0 Å². The molecule has 0 radical (unpaired) electrons. The molecule has 1 aromatic rings. The van der Waals surface area contributed by atoms with Gasteiger partial charge in [-0.15, -0.1) is 0 Å². The van der Waals surface area contributed by atoms with Crippen LogP contribution in [0.1, 0.15) is 18.4 Å². The lowest BCUT2D eigenvalue weighted by atomic mass is 10.0. The van der Waals surface area contributed by atoms with Crippen LogP contribution in [0.4, 0.5) is 0 Å². The van der Waals surface area contributed by atoms with Gasteiger partial charge in [0.1, 0.15) is 5.75 Å². The predicted octanol–water partition coefficient (Wildman–Crippen LogP) is 4.45. The molecule has 2 nitrogen and oxygen atoms in total. The van der Waals surface area contributed by atoms with E-state index in [1.807, 2.05) is 0 Å². The maximum atomic E-state index is 5.31. The Morgan fingerprint density at radius 3 is 2.47 bits per heavy atom. The summed E-state index contributed by atoms with van der Waals surface area (Å²) in [5.74, 6) is 4.36. The first kappa shape index (κ1) is 15.7. The van der Waals surface area contributed by atoms with Gasteiger partial charge in [0, 0.05) is 6.54 Å². The highest BCUT2D eigenvalue weighted by Gasteiger charge is 2.13. The minimum absolute atomic E-state index is 0.853. The second kappa shape index (κ2) is 7.91. The van der Waals surface area contributed by atoms with Crippen molar-refractivity contribution >= 4 is 43.6 Å². The molecule has 1 N–H and O–H groups in total. The van der Waals surface area contributed by atoms with E-state index in [2.05, 4.69) is 61.1 Å². The number of nitrogens with one attached hydrogen (secondary N) is 1. The monoisotopic (exact) mass is 407 g/mol. The molecule has 1 aliphatic heterocycles. The van der Waals surface area contributed by atoms with Crippen molar-refractivity contribution in [1.82, 2.24) is 5.32 Å². The lowest BCUT2D eigenvalue weighted by Gasteiger charge is -2.21. The molecule has 1 aromatic carbocycles. The third-order valence-corrected chi connectivity index (χ3v) is 5.59. The van der Waals surface area contributed by atoms with Crippen LogP contribution in [0.3, 0.4) is 0 Å². The zero-order valence-corrected chi connectivity index (χ0v) is 15.0. The minimum Gasteiger partial charge on any atom is -0.494 e. The number of hydrogen-bond acceptors (Lipinski definition) is 3. The molecule has 1 fully saturated rings. The minimum atomic E-state index is 0.853. The van der Waals surface area contributed by atoms with Crippen molar-refractivity contribution in [3.8, 4) is 5.75 Å². The highest BCUT2D eigenvalue weighted by Crippen LogP contribution is 2.34. The van der Waals surface area contributed by atoms with Gasteiger partial charge in [0.05, 0.1) is 16.1 Å². The van der Waals surface area contributed by atoms with Crippen molar-refractivity contribution in [2.75, 3.05) is 25.2 Å². The van der Waals surface area contributed by atoms with Gasteiger partial charge in [-0.05, 0) is 86.4 Å². The van der Waals surface area contributed by atoms with Crippen LogP contribution in [0.5, 0.6) is 5.75 Å². The van der Waals surface area contributed by atoms with Crippen molar-refractivity contribution in [3.05, 3.63) is 26.6 Å². The van der Waals surface area contributed by atoms with Gasteiger partial charge in [-0.25, -0.2) is 0 Å². The Morgan fingerprint density at radius 2 is 1.89 bits per heavy atom. The van der Waals surface area contributed by atoms with Crippen LogP contribution >= 0.6 is 43.6 Å². The fourth-order valence-electron chi connectivity index (χ4n) is 2.28. The van der Waals surface area contributed by atoms with E-state index in [1.54, 1.807) is 7.11 Å². The second-order valence-corrected chi connectivity index (χ2v) is 7.71. The van der Waals surface area contributed by atoms with Crippen LogP contribution in [0.2, 0.25) is 0 Å². The number of halogens is 2. The third-order valence-electron chi connectivity index (χ3n) is 3.37. The molecule has 0 atom stereocenters. The van der Waals surface area contributed by atoms with Crippen LogP contribution in [-0.2, 0) is 6.54 Å². The number of rotatable bonds is 5.